The van der Waals surface area contributed by atoms with Crippen molar-refractivity contribution in [2.45, 2.75) is 0 Å². The summed E-state index contributed by atoms with van der Waals surface area (Å²) < 4.78 is 7.94. The Labute approximate surface area is 123 Å². The third kappa shape index (κ3) is 2.14. The van der Waals surface area contributed by atoms with E-state index in [2.05, 4.69) is 70.1 Å². The van der Waals surface area contributed by atoms with Gasteiger partial charge in [0.25, 0.3) is 0 Å². The molecule has 0 N–H and O–H groups in total. The molecule has 3 heterocycles. The molecule has 3 saturated heterocycles. The second-order valence-electron chi connectivity index (χ2n) is 6.11. The molecule has 0 atom stereocenters. The Balaban J connectivity index is 2.12. The average Bonchev–Trinajstić information content (AvgIpc) is 2.45. The summed E-state index contributed by atoms with van der Waals surface area (Å²) in [6, 6.07) is 11.2. The van der Waals surface area contributed by atoms with Gasteiger partial charge in [0.1, 0.15) is 0 Å². The molecule has 0 aromatic heterocycles. The second-order valence-corrected chi connectivity index (χ2v) is 10.2. The summed E-state index contributed by atoms with van der Waals surface area (Å²) in [6.07, 6.45) is 0. The first-order valence-corrected chi connectivity index (χ1v) is 9.41. The molecule has 3 aliphatic rings. The lowest BCUT2D eigenvalue weighted by molar-refractivity contribution is 0.158. The van der Waals surface area contributed by atoms with E-state index in [9.17, 15) is 0 Å². The molecule has 0 amide bonds. The van der Waals surface area contributed by atoms with Gasteiger partial charge < -0.3 is 0 Å². The van der Waals surface area contributed by atoms with Crippen molar-refractivity contribution in [2.24, 2.45) is 0 Å². The van der Waals surface area contributed by atoms with Crippen LogP contribution < -0.4 is 5.19 Å². The summed E-state index contributed by atoms with van der Waals surface area (Å²) >= 11 is 0. The van der Waals surface area contributed by atoms with Crippen LogP contribution in [-0.4, -0.2) is 87.6 Å². The highest BCUT2D eigenvalue weighted by atomic mass is 28.4. The van der Waals surface area contributed by atoms with Crippen LogP contribution in [0.1, 0.15) is 0 Å². The molecule has 1 aromatic carbocycles. The largest absolute Gasteiger partial charge is 0.322 e. The maximum absolute atomic E-state index is 2.65. The minimum absolute atomic E-state index is 1.16. The number of nitrogens with zero attached hydrogens (tertiary/aromatic N) is 4. The van der Waals surface area contributed by atoms with Crippen LogP contribution in [-0.2, 0) is 0 Å². The van der Waals surface area contributed by atoms with E-state index >= 15 is 0 Å². The zero-order valence-electron chi connectivity index (χ0n) is 12.9. The highest BCUT2D eigenvalue weighted by Crippen LogP contribution is 2.21. The molecule has 20 heavy (non-hydrogen) atoms. The molecule has 4 rings (SSSR count). The first-order valence-electron chi connectivity index (χ1n) is 7.57. The molecule has 110 valence electrons. The summed E-state index contributed by atoms with van der Waals surface area (Å²) in [4.78, 5) is 2.60. The topological polar surface area (TPSA) is 13.0 Å². The van der Waals surface area contributed by atoms with E-state index in [1.54, 1.807) is 0 Å². The Kier molecular flexibility index (Phi) is 3.97. The SMILES string of the molecule is CN1CCN2CCN(C)[Si]1(c1ccccc1)N(C)CC2. The Morgan fingerprint density at radius 3 is 1.60 bits per heavy atom. The fraction of sp³-hybridized carbons (Fsp3) is 0.600. The molecule has 1 aromatic rings. The molecule has 0 radical (unpaired) electrons. The van der Waals surface area contributed by atoms with E-state index in [0.717, 1.165) is 19.6 Å². The van der Waals surface area contributed by atoms with Gasteiger partial charge in [0.15, 0.2) is 0 Å². The summed E-state index contributed by atoms with van der Waals surface area (Å²) in [6.45, 7) is 7.11. The van der Waals surface area contributed by atoms with Gasteiger partial charge in [-0.1, -0.05) is 30.3 Å². The standard InChI is InChI=1S/C15H26N4Si/c1-16-9-12-19-13-10-17(2)20(16,18(3)11-14-19)15-7-5-4-6-8-15/h4-8H,9-14H2,1-3H3. The van der Waals surface area contributed by atoms with Crippen LogP contribution in [0.25, 0.3) is 0 Å². The zero-order chi connectivity index (χ0) is 14.2. The van der Waals surface area contributed by atoms with Crippen molar-refractivity contribution in [1.82, 2.24) is 18.6 Å². The Bertz CT molecular complexity index is 416. The Morgan fingerprint density at radius 1 is 0.700 bits per heavy atom. The molecular formula is C15H26N4Si. The highest BCUT2D eigenvalue weighted by Gasteiger charge is 2.50. The normalized spacial score (nSPS) is 33.6. The van der Waals surface area contributed by atoms with Crippen molar-refractivity contribution >= 4 is 13.7 Å². The summed E-state index contributed by atoms with van der Waals surface area (Å²) in [5.41, 5.74) is 0. The third-order valence-electron chi connectivity index (χ3n) is 5.01. The molecule has 2 bridgehead atoms. The fourth-order valence-electron chi connectivity index (χ4n) is 3.87. The smallest absolute Gasteiger partial charge is 0.300 e. The molecule has 0 unspecified atom stereocenters. The minimum atomic E-state index is -1.94. The van der Waals surface area contributed by atoms with Crippen molar-refractivity contribution in [2.75, 3.05) is 60.4 Å². The average molecular weight is 290 g/mol. The predicted molar refractivity (Wildman–Crippen MR) is 86.2 cm³/mol. The van der Waals surface area contributed by atoms with Crippen LogP contribution in [0.4, 0.5) is 0 Å². The maximum Gasteiger partial charge on any atom is 0.322 e. The molecule has 0 spiro atoms. The van der Waals surface area contributed by atoms with Gasteiger partial charge in [-0.25, -0.2) is 0 Å². The highest BCUT2D eigenvalue weighted by molar-refractivity contribution is 6.84. The van der Waals surface area contributed by atoms with E-state index in [1.165, 1.54) is 24.8 Å². The minimum Gasteiger partial charge on any atom is -0.300 e. The molecule has 3 fully saturated rings. The first kappa shape index (κ1) is 14.2. The van der Waals surface area contributed by atoms with Crippen LogP contribution in [0.2, 0.25) is 0 Å². The Morgan fingerprint density at radius 2 is 1.15 bits per heavy atom. The third-order valence-corrected chi connectivity index (χ3v) is 9.99. The van der Waals surface area contributed by atoms with E-state index in [-0.39, 0.29) is 0 Å². The second kappa shape index (κ2) is 5.58. The maximum atomic E-state index is 2.65. The number of fused-ring (bicyclic) bond motifs is 6. The van der Waals surface area contributed by atoms with Crippen molar-refractivity contribution < 1.29 is 0 Å². The lowest BCUT2D eigenvalue weighted by Crippen LogP contribution is -2.82. The first-order chi connectivity index (χ1) is 9.65. The van der Waals surface area contributed by atoms with Gasteiger partial charge in [0, 0.05) is 39.3 Å². The number of rotatable bonds is 1. The van der Waals surface area contributed by atoms with Gasteiger partial charge >= 0.3 is 8.56 Å². The van der Waals surface area contributed by atoms with Crippen molar-refractivity contribution in [1.29, 1.82) is 0 Å². The van der Waals surface area contributed by atoms with Gasteiger partial charge in [0.05, 0.1) is 0 Å². The van der Waals surface area contributed by atoms with Gasteiger partial charge in [0.2, 0.25) is 0 Å². The lowest BCUT2D eigenvalue weighted by atomic mass is 10.4. The van der Waals surface area contributed by atoms with Gasteiger partial charge in [-0.05, 0) is 26.3 Å². The summed E-state index contributed by atoms with van der Waals surface area (Å²) in [7, 11) is 5.02. The predicted octanol–water partition coefficient (Wildman–Crippen LogP) is -0.0429. The van der Waals surface area contributed by atoms with Crippen LogP contribution >= 0.6 is 0 Å². The van der Waals surface area contributed by atoms with Crippen LogP contribution in [0.15, 0.2) is 30.3 Å². The van der Waals surface area contributed by atoms with Gasteiger partial charge in [-0.3, -0.25) is 18.6 Å². The molecular weight excluding hydrogens is 264 g/mol. The monoisotopic (exact) mass is 290 g/mol. The Hall–Kier alpha value is -0.723. The molecule has 5 heteroatoms. The van der Waals surface area contributed by atoms with Crippen molar-refractivity contribution in [3.8, 4) is 0 Å². The fourth-order valence-corrected chi connectivity index (χ4v) is 8.82. The lowest BCUT2D eigenvalue weighted by Gasteiger charge is -2.55. The van der Waals surface area contributed by atoms with Crippen molar-refractivity contribution in [3.63, 3.8) is 0 Å². The van der Waals surface area contributed by atoms with Crippen LogP contribution in [0.5, 0.6) is 0 Å². The summed E-state index contributed by atoms with van der Waals surface area (Å²) in [5.74, 6) is 0. The number of likely N-dealkylation sites (N-methyl/N-ethyl adjacent to an activating group) is 3. The number of hydrogen-bond donors (Lipinski definition) is 0. The number of hydrogen-bond acceptors (Lipinski definition) is 4. The molecule has 0 saturated carbocycles. The molecule has 0 aliphatic carbocycles. The van der Waals surface area contributed by atoms with E-state index in [4.69, 9.17) is 0 Å². The molecule has 3 aliphatic heterocycles. The quantitative estimate of drug-likeness (QED) is 0.673. The van der Waals surface area contributed by atoms with Gasteiger partial charge in [-0.2, -0.15) is 0 Å². The summed E-state index contributed by atoms with van der Waals surface area (Å²) in [5, 5.41) is 1.52. The van der Waals surface area contributed by atoms with E-state index < -0.39 is 8.56 Å². The molecule has 4 nitrogen and oxygen atoms in total. The van der Waals surface area contributed by atoms with Gasteiger partial charge in [-0.15, -0.1) is 0 Å². The van der Waals surface area contributed by atoms with E-state index in [0.29, 0.717) is 0 Å². The zero-order valence-corrected chi connectivity index (χ0v) is 13.9. The van der Waals surface area contributed by atoms with Crippen LogP contribution in [0.3, 0.4) is 0 Å². The number of benzene rings is 1. The van der Waals surface area contributed by atoms with E-state index in [1.807, 2.05) is 0 Å². The van der Waals surface area contributed by atoms with Crippen LogP contribution in [0, 0.1) is 0 Å². The van der Waals surface area contributed by atoms with Crippen molar-refractivity contribution in [3.05, 3.63) is 30.3 Å².